The number of nitrogens with one attached hydrogen (secondary N) is 1. The highest BCUT2D eigenvalue weighted by molar-refractivity contribution is 7.21. The molecule has 0 saturated heterocycles. The molecule has 4 nitrogen and oxygen atoms in total. The topological polar surface area (TPSA) is 54.4 Å². The number of nitrogens with zero attached hydrogens (tertiary/aromatic N) is 2. The number of hydrazone groups is 1. The van der Waals surface area contributed by atoms with Crippen LogP contribution < -0.4 is 5.43 Å². The van der Waals surface area contributed by atoms with Crippen molar-refractivity contribution in [3.8, 4) is 0 Å². The first-order valence-corrected chi connectivity index (χ1v) is 9.26. The number of amides is 1. The Balaban J connectivity index is 1.57. The predicted octanol–water partition coefficient (Wildman–Crippen LogP) is 5.52. The van der Waals surface area contributed by atoms with Crippen molar-refractivity contribution in [1.82, 2.24) is 10.4 Å². The Morgan fingerprint density at radius 1 is 1.12 bits per heavy atom. The van der Waals surface area contributed by atoms with Crippen molar-refractivity contribution in [1.29, 1.82) is 0 Å². The highest BCUT2D eigenvalue weighted by Gasteiger charge is 2.16. The quantitative estimate of drug-likeness (QED) is 0.280. The van der Waals surface area contributed by atoms with Gasteiger partial charge in [-0.05, 0) is 18.2 Å². The average molecular weight is 400 g/mol. The Hall–Kier alpha value is -2.47. The second-order valence-electron chi connectivity index (χ2n) is 5.50. The maximum Gasteiger partial charge on any atom is 0.283 e. The van der Waals surface area contributed by atoms with Gasteiger partial charge in [-0.3, -0.25) is 4.79 Å². The molecule has 0 aliphatic carbocycles. The van der Waals surface area contributed by atoms with Crippen LogP contribution in [0.15, 0.2) is 59.7 Å². The third-order valence-electron chi connectivity index (χ3n) is 3.82. The lowest BCUT2D eigenvalue weighted by Gasteiger charge is -2.02. The molecule has 26 heavy (non-hydrogen) atoms. The van der Waals surface area contributed by atoms with E-state index in [4.69, 9.17) is 23.2 Å². The molecule has 0 atom stereocenters. The molecule has 0 saturated carbocycles. The molecule has 4 aromatic rings. The van der Waals surface area contributed by atoms with E-state index in [0.29, 0.717) is 20.6 Å². The van der Waals surface area contributed by atoms with E-state index >= 15 is 0 Å². The van der Waals surface area contributed by atoms with Gasteiger partial charge in [0, 0.05) is 21.0 Å². The molecule has 2 aromatic heterocycles. The van der Waals surface area contributed by atoms with Gasteiger partial charge in [0.1, 0.15) is 10.0 Å². The molecule has 0 aliphatic rings. The minimum Gasteiger partial charge on any atom is -0.266 e. The molecule has 128 valence electrons. The van der Waals surface area contributed by atoms with Gasteiger partial charge >= 0.3 is 0 Å². The lowest BCUT2D eigenvalue weighted by atomic mass is 10.2. The van der Waals surface area contributed by atoms with Crippen LogP contribution in [0.1, 0.15) is 15.2 Å². The number of rotatable bonds is 3. The lowest BCUT2D eigenvalue weighted by molar-refractivity contribution is 0.0959. The smallest absolute Gasteiger partial charge is 0.266 e. The van der Waals surface area contributed by atoms with Crippen molar-refractivity contribution < 1.29 is 4.79 Å². The van der Waals surface area contributed by atoms with Gasteiger partial charge in [-0.1, -0.05) is 59.6 Å². The van der Waals surface area contributed by atoms with Crippen molar-refractivity contribution >= 4 is 67.6 Å². The van der Waals surface area contributed by atoms with E-state index in [1.165, 1.54) is 17.6 Å². The summed E-state index contributed by atoms with van der Waals surface area (Å²) in [6.07, 6.45) is 1.47. The summed E-state index contributed by atoms with van der Waals surface area (Å²) in [5.41, 5.74) is 3.91. The van der Waals surface area contributed by atoms with Gasteiger partial charge in [-0.2, -0.15) is 5.10 Å². The van der Waals surface area contributed by atoms with Gasteiger partial charge in [0.2, 0.25) is 0 Å². The fraction of sp³-hybridized carbons (Fsp3) is 0. The van der Waals surface area contributed by atoms with Crippen LogP contribution in [-0.4, -0.2) is 17.1 Å². The Bertz CT molecular complexity index is 1170. The van der Waals surface area contributed by atoms with Gasteiger partial charge in [-0.15, -0.1) is 11.3 Å². The molecule has 4 rings (SSSR count). The number of benzene rings is 2. The fourth-order valence-electron chi connectivity index (χ4n) is 2.57. The molecule has 0 spiro atoms. The molecule has 1 N–H and O–H groups in total. The average Bonchev–Trinajstić information content (AvgIpc) is 2.99. The van der Waals surface area contributed by atoms with E-state index in [2.05, 4.69) is 15.5 Å². The van der Waals surface area contributed by atoms with Crippen LogP contribution in [0.5, 0.6) is 0 Å². The van der Waals surface area contributed by atoms with Crippen LogP contribution in [0.4, 0.5) is 0 Å². The Kier molecular flexibility index (Phi) is 4.59. The van der Waals surface area contributed by atoms with Crippen molar-refractivity contribution in [2.45, 2.75) is 0 Å². The van der Waals surface area contributed by atoms with Gasteiger partial charge < -0.3 is 0 Å². The largest absolute Gasteiger partial charge is 0.283 e. The van der Waals surface area contributed by atoms with E-state index in [0.717, 1.165) is 21.0 Å². The number of carbonyl (C=O) groups is 1. The maximum atomic E-state index is 12.4. The highest BCUT2D eigenvalue weighted by Crippen LogP contribution is 2.34. The van der Waals surface area contributed by atoms with Crippen molar-refractivity contribution in [3.05, 3.63) is 75.2 Å². The molecule has 7 heteroatoms. The molecule has 0 fully saturated rings. The van der Waals surface area contributed by atoms with Crippen molar-refractivity contribution in [2.75, 3.05) is 0 Å². The van der Waals surface area contributed by atoms with Gasteiger partial charge in [0.05, 0.1) is 16.8 Å². The maximum absolute atomic E-state index is 12.4. The third-order valence-corrected chi connectivity index (χ3v) is 5.79. The molecular weight excluding hydrogens is 389 g/mol. The summed E-state index contributed by atoms with van der Waals surface area (Å²) in [4.78, 5) is 17.1. The first kappa shape index (κ1) is 17.0. The number of thiophene rings is 1. The second-order valence-corrected chi connectivity index (χ2v) is 7.29. The minimum absolute atomic E-state index is 0.321. The number of carbonyl (C=O) groups excluding carboxylic acids is 1. The van der Waals surface area contributed by atoms with Gasteiger partial charge in [0.25, 0.3) is 5.91 Å². The zero-order chi connectivity index (χ0) is 18.1. The number of pyridine rings is 1. The molecule has 1 amide bonds. The van der Waals surface area contributed by atoms with E-state index < -0.39 is 0 Å². The molecule has 0 unspecified atom stereocenters. The van der Waals surface area contributed by atoms with Crippen LogP contribution >= 0.6 is 34.5 Å². The SMILES string of the molecule is O=C(N/N=C/c1cc2ccccc2nc1Cl)c1sc2ccccc2c1Cl. The van der Waals surface area contributed by atoms with Gasteiger partial charge in [0.15, 0.2) is 0 Å². The van der Waals surface area contributed by atoms with Gasteiger partial charge in [-0.25, -0.2) is 10.4 Å². The predicted molar refractivity (Wildman–Crippen MR) is 109 cm³/mol. The zero-order valence-electron chi connectivity index (χ0n) is 13.2. The summed E-state index contributed by atoms with van der Waals surface area (Å²) in [7, 11) is 0. The fourth-order valence-corrected chi connectivity index (χ4v) is 4.17. The zero-order valence-corrected chi connectivity index (χ0v) is 15.6. The highest BCUT2D eigenvalue weighted by atomic mass is 35.5. The van der Waals surface area contributed by atoms with Crippen LogP contribution in [0.3, 0.4) is 0 Å². The molecule has 0 aliphatic heterocycles. The second kappa shape index (κ2) is 7.03. The molecule has 0 radical (unpaired) electrons. The van der Waals surface area contributed by atoms with Crippen molar-refractivity contribution in [3.63, 3.8) is 0 Å². The first-order valence-electron chi connectivity index (χ1n) is 7.69. The summed E-state index contributed by atoms with van der Waals surface area (Å²) in [5.74, 6) is -0.364. The molecular formula is C19H11Cl2N3OS. The Morgan fingerprint density at radius 3 is 2.73 bits per heavy atom. The number of aromatic nitrogens is 1. The van der Waals surface area contributed by atoms with Crippen LogP contribution in [0, 0.1) is 0 Å². The molecule has 2 aromatic carbocycles. The molecule has 0 bridgehead atoms. The Labute approximate surface area is 163 Å². The van der Waals surface area contributed by atoms with E-state index in [1.807, 2.05) is 54.6 Å². The number of hydrogen-bond acceptors (Lipinski definition) is 4. The summed E-state index contributed by atoms with van der Waals surface area (Å²) in [6, 6.07) is 17.1. The standard InChI is InChI=1S/C19H11Cl2N3OS/c20-16-13-6-2-4-8-15(13)26-17(16)19(25)24-22-10-12-9-11-5-1-3-7-14(11)23-18(12)21/h1-10H,(H,24,25)/b22-10+. The number of para-hydroxylation sites is 1. The number of halogens is 2. The van der Waals surface area contributed by atoms with E-state index in [9.17, 15) is 4.79 Å². The van der Waals surface area contributed by atoms with E-state index in [1.54, 1.807) is 0 Å². The number of fused-ring (bicyclic) bond motifs is 2. The summed E-state index contributed by atoms with van der Waals surface area (Å²) in [6.45, 7) is 0. The lowest BCUT2D eigenvalue weighted by Crippen LogP contribution is -2.16. The Morgan fingerprint density at radius 2 is 1.88 bits per heavy atom. The van der Waals surface area contributed by atoms with Crippen LogP contribution in [-0.2, 0) is 0 Å². The molecule has 2 heterocycles. The van der Waals surface area contributed by atoms with Crippen LogP contribution in [0.25, 0.3) is 21.0 Å². The summed E-state index contributed by atoms with van der Waals surface area (Å²) in [5, 5.41) is 6.55. The number of hydrogen-bond donors (Lipinski definition) is 1. The normalized spacial score (nSPS) is 11.5. The van der Waals surface area contributed by atoms with Crippen molar-refractivity contribution in [2.24, 2.45) is 5.10 Å². The van der Waals surface area contributed by atoms with E-state index in [-0.39, 0.29) is 5.91 Å². The first-order chi connectivity index (χ1) is 12.6. The van der Waals surface area contributed by atoms with Crippen LogP contribution in [0.2, 0.25) is 10.2 Å². The summed E-state index contributed by atoms with van der Waals surface area (Å²) >= 11 is 13.8. The third kappa shape index (κ3) is 3.17. The summed E-state index contributed by atoms with van der Waals surface area (Å²) < 4.78 is 0.952. The minimum atomic E-state index is -0.364. The monoisotopic (exact) mass is 399 g/mol.